The molecule has 138 valence electrons. The van der Waals surface area contributed by atoms with Gasteiger partial charge < -0.3 is 15.0 Å². The van der Waals surface area contributed by atoms with Crippen molar-refractivity contribution in [3.05, 3.63) is 48.3 Å². The number of fused-ring (bicyclic) bond motifs is 2. The molecule has 1 fully saturated rings. The van der Waals surface area contributed by atoms with Gasteiger partial charge in [-0.05, 0) is 43.0 Å². The second-order valence-corrected chi connectivity index (χ2v) is 7.02. The number of aromatic nitrogens is 4. The van der Waals surface area contributed by atoms with Crippen LogP contribution in [0.4, 0.5) is 5.82 Å². The van der Waals surface area contributed by atoms with Crippen LogP contribution in [0.1, 0.15) is 18.4 Å². The summed E-state index contributed by atoms with van der Waals surface area (Å²) in [4.78, 5) is 14.8. The lowest BCUT2D eigenvalue weighted by atomic mass is 10.0. The van der Waals surface area contributed by atoms with Crippen LogP contribution in [0.3, 0.4) is 0 Å². The molecule has 3 aromatic rings. The van der Waals surface area contributed by atoms with Crippen molar-refractivity contribution in [1.29, 1.82) is 0 Å². The highest BCUT2D eigenvalue weighted by Crippen LogP contribution is 2.27. The first-order chi connectivity index (χ1) is 13.3. The zero-order valence-corrected chi connectivity index (χ0v) is 14.8. The van der Waals surface area contributed by atoms with Gasteiger partial charge in [-0.15, -0.1) is 15.3 Å². The lowest BCUT2D eigenvalue weighted by Gasteiger charge is -2.26. The Morgan fingerprint density at radius 1 is 1.19 bits per heavy atom. The van der Waals surface area contributed by atoms with Gasteiger partial charge in [0.15, 0.2) is 11.8 Å². The number of carbonyl (C=O) groups is 1. The van der Waals surface area contributed by atoms with Gasteiger partial charge in [0.2, 0.25) is 0 Å². The maximum Gasteiger partial charge on any atom is 0.261 e. The fraction of sp³-hybridized carbons (Fsp3) is 0.368. The van der Waals surface area contributed by atoms with Crippen LogP contribution in [0.2, 0.25) is 0 Å². The number of benzene rings is 1. The molecule has 2 atom stereocenters. The van der Waals surface area contributed by atoms with Crippen molar-refractivity contribution in [2.75, 3.05) is 18.0 Å². The molecule has 2 aromatic heterocycles. The Kier molecular flexibility index (Phi) is 3.88. The molecule has 8 heteroatoms. The molecule has 27 heavy (non-hydrogen) atoms. The Morgan fingerprint density at radius 3 is 3.07 bits per heavy atom. The second kappa shape index (κ2) is 6.53. The van der Waals surface area contributed by atoms with Crippen LogP contribution in [0.15, 0.2) is 42.7 Å². The quantitative estimate of drug-likeness (QED) is 0.752. The number of hydrogen-bond donors (Lipinski definition) is 1. The SMILES string of the molecule is O=C(N[C@@H]1CCN(c2ccc3nncn3n2)C1)[C@@H]1CCc2ccccc2O1. The lowest BCUT2D eigenvalue weighted by Crippen LogP contribution is -2.46. The molecule has 0 bridgehead atoms. The summed E-state index contributed by atoms with van der Waals surface area (Å²) in [6.45, 7) is 1.58. The normalized spacial score (nSPS) is 21.7. The van der Waals surface area contributed by atoms with Crippen molar-refractivity contribution < 1.29 is 9.53 Å². The van der Waals surface area contributed by atoms with Crippen LogP contribution in [-0.4, -0.2) is 51.0 Å². The summed E-state index contributed by atoms with van der Waals surface area (Å²) >= 11 is 0. The van der Waals surface area contributed by atoms with Crippen molar-refractivity contribution in [3.63, 3.8) is 0 Å². The number of rotatable bonds is 3. The number of nitrogens with one attached hydrogen (secondary N) is 1. The molecule has 2 aliphatic rings. The molecule has 2 aliphatic heterocycles. The number of hydrogen-bond acceptors (Lipinski definition) is 6. The molecule has 8 nitrogen and oxygen atoms in total. The topological polar surface area (TPSA) is 84.7 Å². The predicted molar refractivity (Wildman–Crippen MR) is 98.7 cm³/mol. The maximum absolute atomic E-state index is 12.7. The molecule has 1 amide bonds. The standard InChI is InChI=1S/C19H20N6O2/c26-19(16-6-5-13-3-1-2-4-15(13)27-16)21-14-9-10-24(11-14)18-8-7-17-22-20-12-25(17)23-18/h1-4,7-8,12,14,16H,5-6,9-11H2,(H,21,26)/t14-,16+/m1/s1. The number of anilines is 1. The lowest BCUT2D eigenvalue weighted by molar-refractivity contribution is -0.129. The fourth-order valence-corrected chi connectivity index (χ4v) is 3.78. The van der Waals surface area contributed by atoms with E-state index < -0.39 is 6.10 Å². The van der Waals surface area contributed by atoms with E-state index in [4.69, 9.17) is 4.74 Å². The van der Waals surface area contributed by atoms with Crippen LogP contribution in [0.25, 0.3) is 5.65 Å². The number of nitrogens with zero attached hydrogens (tertiary/aromatic N) is 5. The highest BCUT2D eigenvalue weighted by atomic mass is 16.5. The Balaban J connectivity index is 1.21. The summed E-state index contributed by atoms with van der Waals surface area (Å²) < 4.78 is 7.56. The first-order valence-electron chi connectivity index (χ1n) is 9.23. The Labute approximate surface area is 156 Å². The minimum atomic E-state index is -0.416. The van der Waals surface area contributed by atoms with Gasteiger partial charge in [0.1, 0.15) is 17.9 Å². The van der Waals surface area contributed by atoms with E-state index in [1.807, 2.05) is 30.3 Å². The molecular weight excluding hydrogens is 344 g/mol. The van der Waals surface area contributed by atoms with Crippen molar-refractivity contribution in [2.45, 2.75) is 31.4 Å². The van der Waals surface area contributed by atoms with Crippen LogP contribution >= 0.6 is 0 Å². The van der Waals surface area contributed by atoms with E-state index >= 15 is 0 Å². The average molecular weight is 364 g/mol. The number of para-hydroxylation sites is 1. The molecule has 0 saturated carbocycles. The zero-order chi connectivity index (χ0) is 18.2. The van der Waals surface area contributed by atoms with E-state index in [0.29, 0.717) is 6.42 Å². The van der Waals surface area contributed by atoms with Gasteiger partial charge in [0, 0.05) is 19.1 Å². The molecule has 1 N–H and O–H groups in total. The van der Waals surface area contributed by atoms with Gasteiger partial charge in [0.25, 0.3) is 5.91 Å². The molecule has 0 spiro atoms. The fourth-order valence-electron chi connectivity index (χ4n) is 3.78. The Morgan fingerprint density at radius 2 is 2.11 bits per heavy atom. The molecule has 0 unspecified atom stereocenters. The largest absolute Gasteiger partial charge is 0.480 e. The third kappa shape index (κ3) is 3.07. The maximum atomic E-state index is 12.7. The van der Waals surface area contributed by atoms with Crippen LogP contribution in [0.5, 0.6) is 5.75 Å². The summed E-state index contributed by atoms with van der Waals surface area (Å²) in [7, 11) is 0. The van der Waals surface area contributed by atoms with Crippen LogP contribution in [-0.2, 0) is 11.2 Å². The second-order valence-electron chi connectivity index (χ2n) is 7.02. The van der Waals surface area contributed by atoms with E-state index in [1.54, 1.807) is 10.8 Å². The smallest absolute Gasteiger partial charge is 0.261 e. The highest BCUT2D eigenvalue weighted by molar-refractivity contribution is 5.82. The number of amides is 1. The van der Waals surface area contributed by atoms with E-state index in [0.717, 1.165) is 43.1 Å². The van der Waals surface area contributed by atoms with Gasteiger partial charge in [-0.2, -0.15) is 4.52 Å². The molecule has 4 heterocycles. The van der Waals surface area contributed by atoms with Gasteiger partial charge in [-0.25, -0.2) is 0 Å². The molecule has 1 aromatic carbocycles. The predicted octanol–water partition coefficient (Wildman–Crippen LogP) is 1.21. The van der Waals surface area contributed by atoms with Gasteiger partial charge in [0.05, 0.1) is 0 Å². The van der Waals surface area contributed by atoms with E-state index in [-0.39, 0.29) is 11.9 Å². The van der Waals surface area contributed by atoms with E-state index in [1.165, 1.54) is 5.56 Å². The Hall–Kier alpha value is -3.16. The summed E-state index contributed by atoms with van der Waals surface area (Å²) in [5.74, 6) is 1.66. The number of aryl methyl sites for hydroxylation is 1. The summed E-state index contributed by atoms with van der Waals surface area (Å²) in [6.07, 6.45) is 3.64. The summed E-state index contributed by atoms with van der Waals surface area (Å²) in [5.41, 5.74) is 1.89. The first kappa shape index (κ1) is 16.0. The van der Waals surface area contributed by atoms with Crippen LogP contribution < -0.4 is 15.0 Å². The van der Waals surface area contributed by atoms with Crippen molar-refractivity contribution in [3.8, 4) is 5.75 Å². The molecule has 1 saturated heterocycles. The third-order valence-corrected chi connectivity index (χ3v) is 5.22. The average Bonchev–Trinajstić information content (AvgIpc) is 3.36. The highest BCUT2D eigenvalue weighted by Gasteiger charge is 2.30. The zero-order valence-electron chi connectivity index (χ0n) is 14.8. The molecule has 0 radical (unpaired) electrons. The van der Waals surface area contributed by atoms with Crippen molar-refractivity contribution >= 4 is 17.4 Å². The van der Waals surface area contributed by atoms with Crippen LogP contribution in [0, 0.1) is 0 Å². The minimum Gasteiger partial charge on any atom is -0.480 e. The van der Waals surface area contributed by atoms with E-state index in [9.17, 15) is 4.79 Å². The molecule has 5 rings (SSSR count). The first-order valence-corrected chi connectivity index (χ1v) is 9.23. The Bertz CT molecular complexity index is 987. The van der Waals surface area contributed by atoms with Gasteiger partial charge >= 0.3 is 0 Å². The monoisotopic (exact) mass is 364 g/mol. The third-order valence-electron chi connectivity index (χ3n) is 5.22. The molecule has 0 aliphatic carbocycles. The summed E-state index contributed by atoms with van der Waals surface area (Å²) in [5, 5.41) is 15.5. The summed E-state index contributed by atoms with van der Waals surface area (Å²) in [6, 6.07) is 11.9. The number of ether oxygens (including phenoxy) is 1. The van der Waals surface area contributed by atoms with Gasteiger partial charge in [-0.3, -0.25) is 4.79 Å². The number of carbonyl (C=O) groups excluding carboxylic acids is 1. The minimum absolute atomic E-state index is 0.0291. The van der Waals surface area contributed by atoms with E-state index in [2.05, 4.69) is 31.6 Å². The van der Waals surface area contributed by atoms with Crippen molar-refractivity contribution in [1.82, 2.24) is 25.1 Å². The molecular formula is C19H20N6O2. The van der Waals surface area contributed by atoms with Gasteiger partial charge in [-0.1, -0.05) is 18.2 Å². The van der Waals surface area contributed by atoms with Crippen molar-refractivity contribution in [2.24, 2.45) is 0 Å².